The molecule has 1 aromatic rings. The molecule has 0 aliphatic heterocycles. The van der Waals surface area contributed by atoms with Gasteiger partial charge in [0.2, 0.25) is 0 Å². The third kappa shape index (κ3) is 5.67. The third-order valence-corrected chi connectivity index (χ3v) is 2.46. The Morgan fingerprint density at radius 2 is 1.78 bits per heavy atom. The monoisotopic (exact) mass is 246 g/mol. The largest absolute Gasteiger partial charge is 0.460 e. The summed E-state index contributed by atoms with van der Waals surface area (Å²) in [5, 5.41) is 0. The van der Waals surface area contributed by atoms with E-state index in [1.807, 2.05) is 51.1 Å². The summed E-state index contributed by atoms with van der Waals surface area (Å²) in [7, 11) is 0. The van der Waals surface area contributed by atoms with Crippen molar-refractivity contribution in [1.29, 1.82) is 0 Å². The minimum Gasteiger partial charge on any atom is -0.460 e. The van der Waals surface area contributed by atoms with Crippen LogP contribution < -0.4 is 0 Å². The maximum Gasteiger partial charge on any atom is 0.306 e. The highest BCUT2D eigenvalue weighted by Crippen LogP contribution is 2.19. The first kappa shape index (κ1) is 14.5. The zero-order valence-corrected chi connectivity index (χ0v) is 11.5. The van der Waals surface area contributed by atoms with Gasteiger partial charge in [-0.25, -0.2) is 0 Å². The summed E-state index contributed by atoms with van der Waals surface area (Å²) < 4.78 is 5.26. The third-order valence-electron chi connectivity index (χ3n) is 2.46. The molecule has 0 aliphatic rings. The second-order valence-corrected chi connectivity index (χ2v) is 5.41. The summed E-state index contributed by atoms with van der Waals surface area (Å²) in [6, 6.07) is 10.0. The first-order chi connectivity index (χ1) is 8.38. The van der Waals surface area contributed by atoms with Crippen molar-refractivity contribution < 1.29 is 9.53 Å². The summed E-state index contributed by atoms with van der Waals surface area (Å²) in [4.78, 5) is 11.5. The molecule has 1 rings (SSSR count). The van der Waals surface area contributed by atoms with E-state index in [9.17, 15) is 4.79 Å². The van der Waals surface area contributed by atoms with E-state index in [1.54, 1.807) is 0 Å². The van der Waals surface area contributed by atoms with Crippen molar-refractivity contribution in [3.63, 3.8) is 0 Å². The second-order valence-electron chi connectivity index (χ2n) is 5.41. The van der Waals surface area contributed by atoms with Gasteiger partial charge in [0.25, 0.3) is 0 Å². The van der Waals surface area contributed by atoms with Crippen LogP contribution in [-0.2, 0) is 9.53 Å². The predicted octanol–water partition coefficient (Wildman–Crippen LogP) is 4.21. The molecule has 2 heteroatoms. The van der Waals surface area contributed by atoms with Gasteiger partial charge in [-0.3, -0.25) is 4.79 Å². The van der Waals surface area contributed by atoms with Crippen LogP contribution in [0.3, 0.4) is 0 Å². The molecule has 0 amide bonds. The second kappa shape index (κ2) is 6.39. The molecular weight excluding hydrogens is 224 g/mol. The maximum absolute atomic E-state index is 11.5. The maximum atomic E-state index is 11.5. The van der Waals surface area contributed by atoms with Gasteiger partial charge >= 0.3 is 5.97 Å². The fourth-order valence-corrected chi connectivity index (χ4v) is 1.66. The number of rotatable bonds is 5. The van der Waals surface area contributed by atoms with Crippen LogP contribution in [0.1, 0.15) is 45.6 Å². The van der Waals surface area contributed by atoms with Gasteiger partial charge in [0.05, 0.1) is 0 Å². The molecule has 0 radical (unpaired) electrons. The first-order valence-corrected chi connectivity index (χ1v) is 6.33. The van der Waals surface area contributed by atoms with Gasteiger partial charge in [0.1, 0.15) is 5.60 Å². The normalized spacial score (nSPS) is 11.1. The van der Waals surface area contributed by atoms with Crippen LogP contribution >= 0.6 is 0 Å². The molecule has 2 nitrogen and oxygen atoms in total. The highest BCUT2D eigenvalue weighted by atomic mass is 16.6. The Balaban J connectivity index is 2.30. The Hall–Kier alpha value is -1.57. The lowest BCUT2D eigenvalue weighted by atomic mass is 10.0. The Morgan fingerprint density at radius 3 is 2.33 bits per heavy atom. The van der Waals surface area contributed by atoms with Crippen LogP contribution in [-0.4, -0.2) is 11.6 Å². The smallest absolute Gasteiger partial charge is 0.306 e. The van der Waals surface area contributed by atoms with Crippen LogP contribution in [0.2, 0.25) is 0 Å². The van der Waals surface area contributed by atoms with Gasteiger partial charge < -0.3 is 4.74 Å². The SMILES string of the molecule is C=C(CCCC(=O)OC(C)(C)C)c1ccccc1. The van der Waals surface area contributed by atoms with Crippen molar-refractivity contribution >= 4 is 11.5 Å². The summed E-state index contributed by atoms with van der Waals surface area (Å²) in [6.07, 6.45) is 2.05. The number of hydrogen-bond donors (Lipinski definition) is 0. The first-order valence-electron chi connectivity index (χ1n) is 6.33. The molecule has 0 spiro atoms. The van der Waals surface area contributed by atoms with Crippen molar-refractivity contribution in [1.82, 2.24) is 0 Å². The van der Waals surface area contributed by atoms with Crippen LogP contribution in [0.15, 0.2) is 36.9 Å². The minimum atomic E-state index is -0.395. The Labute approximate surface area is 110 Å². The van der Waals surface area contributed by atoms with Crippen LogP contribution in [0.25, 0.3) is 5.57 Å². The number of carbonyl (C=O) groups is 1. The van der Waals surface area contributed by atoms with Gasteiger partial charge in [-0.05, 0) is 44.7 Å². The summed E-state index contributed by atoms with van der Waals surface area (Å²) in [6.45, 7) is 9.69. The van der Waals surface area contributed by atoms with E-state index >= 15 is 0 Å². The van der Waals surface area contributed by atoms with E-state index in [-0.39, 0.29) is 5.97 Å². The van der Waals surface area contributed by atoms with Crippen LogP contribution in [0.5, 0.6) is 0 Å². The zero-order chi connectivity index (χ0) is 13.6. The highest BCUT2D eigenvalue weighted by molar-refractivity contribution is 5.70. The minimum absolute atomic E-state index is 0.136. The molecule has 0 saturated carbocycles. The number of carbonyl (C=O) groups excluding carboxylic acids is 1. The quantitative estimate of drug-likeness (QED) is 0.727. The van der Waals surface area contributed by atoms with E-state index in [4.69, 9.17) is 4.74 Å². The van der Waals surface area contributed by atoms with Gasteiger partial charge in [0.15, 0.2) is 0 Å². The predicted molar refractivity (Wildman–Crippen MR) is 75.2 cm³/mol. The molecular formula is C16H22O2. The van der Waals surface area contributed by atoms with Crippen LogP contribution in [0.4, 0.5) is 0 Å². The van der Waals surface area contributed by atoms with Crippen molar-refractivity contribution in [2.75, 3.05) is 0 Å². The van der Waals surface area contributed by atoms with Crippen molar-refractivity contribution in [3.05, 3.63) is 42.5 Å². The Morgan fingerprint density at radius 1 is 1.17 bits per heavy atom. The van der Waals surface area contributed by atoms with Gasteiger partial charge in [-0.2, -0.15) is 0 Å². The Kier molecular flexibility index (Phi) is 5.14. The number of benzene rings is 1. The van der Waals surface area contributed by atoms with Crippen molar-refractivity contribution in [2.24, 2.45) is 0 Å². The molecule has 0 N–H and O–H groups in total. The standard InChI is InChI=1S/C16H22O2/c1-13(14-10-6-5-7-11-14)9-8-12-15(17)18-16(2,3)4/h5-7,10-11H,1,8-9,12H2,2-4H3. The number of ether oxygens (including phenoxy) is 1. The van der Waals surface area contributed by atoms with Crippen molar-refractivity contribution in [2.45, 2.75) is 45.6 Å². The fourth-order valence-electron chi connectivity index (χ4n) is 1.66. The summed E-state index contributed by atoms with van der Waals surface area (Å²) in [5.74, 6) is -0.136. The van der Waals surface area contributed by atoms with Gasteiger partial charge in [-0.15, -0.1) is 0 Å². The van der Waals surface area contributed by atoms with E-state index < -0.39 is 5.60 Å². The van der Waals surface area contributed by atoms with E-state index in [0.717, 1.165) is 24.0 Å². The lowest BCUT2D eigenvalue weighted by molar-refractivity contribution is -0.154. The number of allylic oxidation sites excluding steroid dienone is 1. The fraction of sp³-hybridized carbons (Fsp3) is 0.438. The molecule has 98 valence electrons. The molecule has 0 atom stereocenters. The van der Waals surface area contributed by atoms with Crippen molar-refractivity contribution in [3.8, 4) is 0 Å². The number of hydrogen-bond acceptors (Lipinski definition) is 2. The lowest BCUT2D eigenvalue weighted by Crippen LogP contribution is -2.23. The highest BCUT2D eigenvalue weighted by Gasteiger charge is 2.15. The molecule has 0 bridgehead atoms. The van der Waals surface area contributed by atoms with E-state index in [1.165, 1.54) is 0 Å². The van der Waals surface area contributed by atoms with Crippen LogP contribution in [0, 0.1) is 0 Å². The van der Waals surface area contributed by atoms with E-state index in [2.05, 4.69) is 6.58 Å². The summed E-state index contributed by atoms with van der Waals surface area (Å²) >= 11 is 0. The molecule has 18 heavy (non-hydrogen) atoms. The average Bonchev–Trinajstić information content (AvgIpc) is 2.27. The molecule has 0 aliphatic carbocycles. The molecule has 0 saturated heterocycles. The topological polar surface area (TPSA) is 26.3 Å². The Bertz CT molecular complexity index is 399. The molecule has 0 fully saturated rings. The molecule has 0 unspecified atom stereocenters. The molecule has 1 aromatic carbocycles. The molecule has 0 aromatic heterocycles. The average molecular weight is 246 g/mol. The van der Waals surface area contributed by atoms with E-state index in [0.29, 0.717) is 6.42 Å². The van der Waals surface area contributed by atoms with Gasteiger partial charge in [0, 0.05) is 6.42 Å². The zero-order valence-electron chi connectivity index (χ0n) is 11.5. The lowest BCUT2D eigenvalue weighted by Gasteiger charge is -2.19. The molecule has 0 heterocycles. The van der Waals surface area contributed by atoms with Gasteiger partial charge in [-0.1, -0.05) is 36.9 Å². The summed E-state index contributed by atoms with van der Waals surface area (Å²) in [5.41, 5.74) is 1.81. The number of esters is 1.